The molecule has 92 valence electrons. The van der Waals surface area contributed by atoms with E-state index in [1.807, 2.05) is 4.90 Å². The van der Waals surface area contributed by atoms with Crippen LogP contribution >= 0.6 is 0 Å². The molecule has 0 spiro atoms. The number of likely N-dealkylation sites (tertiary alicyclic amines) is 1. The molecule has 1 aliphatic rings. The number of hydrogen-bond acceptors (Lipinski definition) is 2. The number of nitrogens with zero attached hydrogens (tertiary/aromatic N) is 1. The maximum absolute atomic E-state index is 11.9. The molecule has 1 atom stereocenters. The molecule has 1 heterocycles. The first kappa shape index (κ1) is 13.0. The normalized spacial score (nSPS) is 20.8. The summed E-state index contributed by atoms with van der Waals surface area (Å²) < 4.78 is 0. The van der Waals surface area contributed by atoms with Crippen molar-refractivity contribution in [1.82, 2.24) is 4.90 Å². The van der Waals surface area contributed by atoms with Gasteiger partial charge in [0, 0.05) is 25.4 Å². The van der Waals surface area contributed by atoms with E-state index in [-0.39, 0.29) is 17.9 Å². The predicted octanol–water partition coefficient (Wildman–Crippen LogP) is 1.43. The van der Waals surface area contributed by atoms with Gasteiger partial charge in [0.1, 0.15) is 0 Å². The molecule has 0 aromatic rings. The third-order valence-electron chi connectivity index (χ3n) is 3.13. The number of carbonyl (C=O) groups is 2. The summed E-state index contributed by atoms with van der Waals surface area (Å²) in [6.07, 6.45) is 5.94. The minimum absolute atomic E-state index is 0.0515. The number of nitrogens with two attached hydrogens (primary N) is 1. The second kappa shape index (κ2) is 6.51. The Morgan fingerprint density at radius 1 is 1.38 bits per heavy atom. The van der Waals surface area contributed by atoms with Gasteiger partial charge in [0.05, 0.1) is 0 Å². The molecule has 1 unspecified atom stereocenters. The van der Waals surface area contributed by atoms with E-state index < -0.39 is 0 Å². The van der Waals surface area contributed by atoms with Gasteiger partial charge in [-0.15, -0.1) is 0 Å². The SMILES string of the molecule is CCCCC(=O)N1CCCCC1CC(N)=O. The summed E-state index contributed by atoms with van der Waals surface area (Å²) in [5.74, 6) is -0.118. The minimum atomic E-state index is -0.305. The van der Waals surface area contributed by atoms with E-state index in [1.165, 1.54) is 0 Å². The summed E-state index contributed by atoms with van der Waals surface area (Å²) in [7, 11) is 0. The Kier molecular flexibility index (Phi) is 5.29. The Labute approximate surface area is 97.2 Å². The smallest absolute Gasteiger partial charge is 0.222 e. The molecule has 4 nitrogen and oxygen atoms in total. The molecule has 16 heavy (non-hydrogen) atoms. The highest BCUT2D eigenvalue weighted by Crippen LogP contribution is 2.20. The summed E-state index contributed by atoms with van der Waals surface area (Å²) in [4.78, 5) is 24.7. The maximum atomic E-state index is 11.9. The van der Waals surface area contributed by atoms with Crippen LogP contribution in [0.4, 0.5) is 0 Å². The lowest BCUT2D eigenvalue weighted by molar-refractivity contribution is -0.136. The molecular formula is C12H22N2O2. The van der Waals surface area contributed by atoms with E-state index in [0.717, 1.165) is 38.6 Å². The fourth-order valence-electron chi connectivity index (χ4n) is 2.24. The maximum Gasteiger partial charge on any atom is 0.222 e. The molecule has 0 saturated carbocycles. The molecule has 0 aromatic carbocycles. The van der Waals surface area contributed by atoms with E-state index in [4.69, 9.17) is 5.73 Å². The lowest BCUT2D eigenvalue weighted by atomic mass is 9.98. The van der Waals surface area contributed by atoms with Crippen molar-refractivity contribution in [2.45, 2.75) is 57.9 Å². The summed E-state index contributed by atoms with van der Waals surface area (Å²) in [6, 6.07) is 0.0515. The fraction of sp³-hybridized carbons (Fsp3) is 0.833. The number of piperidine rings is 1. The molecule has 2 amide bonds. The highest BCUT2D eigenvalue weighted by atomic mass is 16.2. The van der Waals surface area contributed by atoms with Crippen molar-refractivity contribution in [2.24, 2.45) is 5.73 Å². The molecular weight excluding hydrogens is 204 g/mol. The Morgan fingerprint density at radius 3 is 2.75 bits per heavy atom. The monoisotopic (exact) mass is 226 g/mol. The minimum Gasteiger partial charge on any atom is -0.370 e. The van der Waals surface area contributed by atoms with Gasteiger partial charge in [-0.1, -0.05) is 13.3 Å². The quantitative estimate of drug-likeness (QED) is 0.770. The zero-order valence-corrected chi connectivity index (χ0v) is 10.1. The Morgan fingerprint density at radius 2 is 2.12 bits per heavy atom. The number of carbonyl (C=O) groups excluding carboxylic acids is 2. The first-order valence-electron chi connectivity index (χ1n) is 6.23. The van der Waals surface area contributed by atoms with Crippen molar-refractivity contribution in [2.75, 3.05) is 6.54 Å². The van der Waals surface area contributed by atoms with Crippen LogP contribution in [0.2, 0.25) is 0 Å². The van der Waals surface area contributed by atoms with Gasteiger partial charge in [-0.3, -0.25) is 9.59 Å². The molecule has 4 heteroatoms. The molecule has 0 radical (unpaired) electrons. The Balaban J connectivity index is 2.51. The highest BCUT2D eigenvalue weighted by molar-refractivity contribution is 5.79. The largest absolute Gasteiger partial charge is 0.370 e. The van der Waals surface area contributed by atoms with Gasteiger partial charge in [0.2, 0.25) is 11.8 Å². The second-order valence-electron chi connectivity index (χ2n) is 4.51. The van der Waals surface area contributed by atoms with Crippen LogP contribution < -0.4 is 5.73 Å². The van der Waals surface area contributed by atoms with Gasteiger partial charge in [-0.05, 0) is 25.7 Å². The van der Waals surface area contributed by atoms with Crippen molar-refractivity contribution in [3.05, 3.63) is 0 Å². The first-order valence-corrected chi connectivity index (χ1v) is 6.23. The van der Waals surface area contributed by atoms with Gasteiger partial charge < -0.3 is 10.6 Å². The molecule has 1 fully saturated rings. The lowest BCUT2D eigenvalue weighted by Gasteiger charge is -2.35. The molecule has 2 N–H and O–H groups in total. The van der Waals surface area contributed by atoms with Gasteiger partial charge in [0.15, 0.2) is 0 Å². The number of primary amides is 1. The topological polar surface area (TPSA) is 63.4 Å². The number of rotatable bonds is 5. The third-order valence-corrected chi connectivity index (χ3v) is 3.13. The summed E-state index contributed by atoms with van der Waals surface area (Å²) >= 11 is 0. The number of unbranched alkanes of at least 4 members (excludes halogenated alkanes) is 1. The van der Waals surface area contributed by atoms with Crippen LogP contribution in [-0.2, 0) is 9.59 Å². The van der Waals surface area contributed by atoms with Crippen LogP contribution in [0.3, 0.4) is 0 Å². The number of hydrogen-bond donors (Lipinski definition) is 1. The van der Waals surface area contributed by atoms with Crippen LogP contribution in [0, 0.1) is 0 Å². The van der Waals surface area contributed by atoms with Crippen LogP contribution in [0.5, 0.6) is 0 Å². The summed E-state index contributed by atoms with van der Waals surface area (Å²) in [6.45, 7) is 2.87. The fourth-order valence-corrected chi connectivity index (χ4v) is 2.24. The second-order valence-corrected chi connectivity index (χ2v) is 4.51. The van der Waals surface area contributed by atoms with Crippen molar-refractivity contribution in [3.8, 4) is 0 Å². The van der Waals surface area contributed by atoms with E-state index in [1.54, 1.807) is 0 Å². The number of amides is 2. The van der Waals surface area contributed by atoms with Gasteiger partial charge in [0.25, 0.3) is 0 Å². The lowest BCUT2D eigenvalue weighted by Crippen LogP contribution is -2.45. The molecule has 0 bridgehead atoms. The van der Waals surface area contributed by atoms with E-state index in [0.29, 0.717) is 12.8 Å². The third kappa shape index (κ3) is 3.83. The van der Waals surface area contributed by atoms with Gasteiger partial charge in [-0.2, -0.15) is 0 Å². The van der Waals surface area contributed by atoms with Crippen LogP contribution in [-0.4, -0.2) is 29.3 Å². The average molecular weight is 226 g/mol. The standard InChI is InChI=1S/C12H22N2O2/c1-2-3-7-12(16)14-8-5-4-6-10(14)9-11(13)15/h10H,2-9H2,1H3,(H2,13,15). The van der Waals surface area contributed by atoms with Crippen molar-refractivity contribution in [3.63, 3.8) is 0 Å². The molecule has 1 saturated heterocycles. The van der Waals surface area contributed by atoms with Gasteiger partial charge in [-0.25, -0.2) is 0 Å². The van der Waals surface area contributed by atoms with Gasteiger partial charge >= 0.3 is 0 Å². The average Bonchev–Trinajstić information content (AvgIpc) is 2.26. The molecule has 1 aliphatic heterocycles. The van der Waals surface area contributed by atoms with E-state index in [2.05, 4.69) is 6.92 Å². The van der Waals surface area contributed by atoms with Crippen molar-refractivity contribution >= 4 is 11.8 Å². The summed E-state index contributed by atoms with van der Waals surface area (Å²) in [5, 5.41) is 0. The summed E-state index contributed by atoms with van der Waals surface area (Å²) in [5.41, 5.74) is 5.21. The van der Waals surface area contributed by atoms with E-state index >= 15 is 0 Å². The first-order chi connectivity index (χ1) is 7.65. The molecule has 0 aromatic heterocycles. The highest BCUT2D eigenvalue weighted by Gasteiger charge is 2.27. The van der Waals surface area contributed by atoms with E-state index in [9.17, 15) is 9.59 Å². The van der Waals surface area contributed by atoms with Crippen LogP contribution in [0.1, 0.15) is 51.9 Å². The zero-order valence-electron chi connectivity index (χ0n) is 10.1. The van der Waals surface area contributed by atoms with Crippen molar-refractivity contribution in [1.29, 1.82) is 0 Å². The Bertz CT molecular complexity index is 253. The predicted molar refractivity (Wildman–Crippen MR) is 62.7 cm³/mol. The molecule has 0 aliphatic carbocycles. The molecule has 1 rings (SSSR count). The zero-order chi connectivity index (χ0) is 12.0. The van der Waals surface area contributed by atoms with Crippen LogP contribution in [0.25, 0.3) is 0 Å². The van der Waals surface area contributed by atoms with Crippen molar-refractivity contribution < 1.29 is 9.59 Å². The van der Waals surface area contributed by atoms with Crippen LogP contribution in [0.15, 0.2) is 0 Å². The Hall–Kier alpha value is -1.06.